The van der Waals surface area contributed by atoms with Crippen LogP contribution >= 0.6 is 0 Å². The second-order valence-corrected chi connectivity index (χ2v) is 6.59. The maximum Gasteiger partial charge on any atom is 0.317 e. The lowest BCUT2D eigenvalue weighted by molar-refractivity contribution is -0.141. The molecule has 1 unspecified atom stereocenters. The number of carbonyl (C=O) groups is 2. The number of pyridine rings is 1. The van der Waals surface area contributed by atoms with Gasteiger partial charge < -0.3 is 20.2 Å². The zero-order chi connectivity index (χ0) is 16.9. The lowest BCUT2D eigenvalue weighted by Gasteiger charge is -2.33. The summed E-state index contributed by atoms with van der Waals surface area (Å²) in [6.45, 7) is 3.48. The SMILES string of the molecule is O=C(O)C1CCN(C(=O)NCC2CCN(c3ccncc3)CC2)C1. The fraction of sp³-hybridized carbons (Fsp3) is 0.588. The molecule has 24 heavy (non-hydrogen) atoms. The Labute approximate surface area is 141 Å². The van der Waals surface area contributed by atoms with Gasteiger partial charge in [0.25, 0.3) is 0 Å². The molecule has 0 aromatic carbocycles. The first kappa shape index (κ1) is 16.5. The van der Waals surface area contributed by atoms with Crippen LogP contribution in [0.25, 0.3) is 0 Å². The number of aromatic nitrogens is 1. The molecule has 7 nitrogen and oxygen atoms in total. The molecule has 2 aliphatic heterocycles. The summed E-state index contributed by atoms with van der Waals surface area (Å²) in [5.74, 6) is -0.752. The van der Waals surface area contributed by atoms with Gasteiger partial charge in [0, 0.05) is 50.8 Å². The molecule has 7 heteroatoms. The lowest BCUT2D eigenvalue weighted by atomic mass is 9.96. The van der Waals surface area contributed by atoms with Crippen LogP contribution in [0.5, 0.6) is 0 Å². The minimum absolute atomic E-state index is 0.129. The molecule has 2 amide bonds. The van der Waals surface area contributed by atoms with Crippen molar-refractivity contribution >= 4 is 17.7 Å². The first-order chi connectivity index (χ1) is 11.6. The molecule has 1 aromatic rings. The third-order valence-electron chi connectivity index (χ3n) is 5.01. The van der Waals surface area contributed by atoms with Gasteiger partial charge in [0.15, 0.2) is 0 Å². The molecule has 1 aromatic heterocycles. The number of nitrogens with zero attached hydrogens (tertiary/aromatic N) is 3. The first-order valence-corrected chi connectivity index (χ1v) is 8.54. The Balaban J connectivity index is 1.39. The monoisotopic (exact) mass is 332 g/mol. The van der Waals surface area contributed by atoms with E-state index in [1.807, 2.05) is 24.5 Å². The molecule has 1 atom stereocenters. The lowest BCUT2D eigenvalue weighted by Crippen LogP contribution is -2.43. The van der Waals surface area contributed by atoms with Crippen molar-refractivity contribution in [2.45, 2.75) is 19.3 Å². The molecule has 0 saturated carbocycles. The Bertz CT molecular complexity index is 572. The minimum Gasteiger partial charge on any atom is -0.481 e. The van der Waals surface area contributed by atoms with E-state index in [0.717, 1.165) is 25.9 Å². The van der Waals surface area contributed by atoms with Crippen molar-refractivity contribution in [3.05, 3.63) is 24.5 Å². The van der Waals surface area contributed by atoms with Gasteiger partial charge in [0.2, 0.25) is 0 Å². The van der Waals surface area contributed by atoms with Crippen LogP contribution in [0.3, 0.4) is 0 Å². The van der Waals surface area contributed by atoms with Crippen LogP contribution in [0, 0.1) is 11.8 Å². The summed E-state index contributed by atoms with van der Waals surface area (Å²) in [6.07, 6.45) is 6.25. The molecule has 0 bridgehead atoms. The van der Waals surface area contributed by atoms with Gasteiger partial charge >= 0.3 is 12.0 Å². The van der Waals surface area contributed by atoms with E-state index >= 15 is 0 Å². The van der Waals surface area contributed by atoms with Gasteiger partial charge in [-0.3, -0.25) is 9.78 Å². The number of urea groups is 1. The Hall–Kier alpha value is -2.31. The van der Waals surface area contributed by atoms with E-state index < -0.39 is 11.9 Å². The second-order valence-electron chi connectivity index (χ2n) is 6.59. The summed E-state index contributed by atoms with van der Waals surface area (Å²) in [5.41, 5.74) is 1.20. The summed E-state index contributed by atoms with van der Waals surface area (Å²) in [6, 6.07) is 3.91. The zero-order valence-electron chi connectivity index (χ0n) is 13.7. The number of rotatable bonds is 4. The van der Waals surface area contributed by atoms with Crippen LogP contribution in [-0.4, -0.2) is 59.7 Å². The predicted octanol–water partition coefficient (Wildman–Crippen LogP) is 1.41. The average molecular weight is 332 g/mol. The number of hydrogen-bond acceptors (Lipinski definition) is 4. The number of carboxylic acid groups (broad SMARTS) is 1. The number of aliphatic carboxylic acids is 1. The highest BCUT2D eigenvalue weighted by Crippen LogP contribution is 2.22. The molecule has 130 valence electrons. The number of nitrogens with one attached hydrogen (secondary N) is 1. The summed E-state index contributed by atoms with van der Waals surface area (Å²) >= 11 is 0. The zero-order valence-corrected chi connectivity index (χ0v) is 13.7. The summed E-state index contributed by atoms with van der Waals surface area (Å²) < 4.78 is 0. The van der Waals surface area contributed by atoms with Crippen LogP contribution in [0.2, 0.25) is 0 Å². The molecule has 2 aliphatic rings. The van der Waals surface area contributed by atoms with Crippen LogP contribution < -0.4 is 10.2 Å². The Morgan fingerprint density at radius 2 is 1.88 bits per heavy atom. The van der Waals surface area contributed by atoms with E-state index in [-0.39, 0.29) is 6.03 Å². The van der Waals surface area contributed by atoms with Gasteiger partial charge in [-0.25, -0.2) is 4.79 Å². The summed E-state index contributed by atoms with van der Waals surface area (Å²) in [7, 11) is 0. The Morgan fingerprint density at radius 3 is 2.50 bits per heavy atom. The van der Waals surface area contributed by atoms with Crippen molar-refractivity contribution in [2.24, 2.45) is 11.8 Å². The molecule has 3 heterocycles. The third kappa shape index (κ3) is 3.96. The van der Waals surface area contributed by atoms with Crippen molar-refractivity contribution in [3.8, 4) is 0 Å². The molecule has 3 rings (SSSR count). The number of carbonyl (C=O) groups excluding carboxylic acids is 1. The van der Waals surface area contributed by atoms with Crippen LogP contribution in [0.4, 0.5) is 10.5 Å². The van der Waals surface area contributed by atoms with E-state index in [4.69, 9.17) is 5.11 Å². The van der Waals surface area contributed by atoms with Crippen molar-refractivity contribution in [2.75, 3.05) is 37.6 Å². The summed E-state index contributed by atoms with van der Waals surface area (Å²) in [5, 5.41) is 12.0. The average Bonchev–Trinajstić information content (AvgIpc) is 3.11. The van der Waals surface area contributed by atoms with Crippen LogP contribution in [0.15, 0.2) is 24.5 Å². The van der Waals surface area contributed by atoms with Crippen molar-refractivity contribution < 1.29 is 14.7 Å². The van der Waals surface area contributed by atoms with Gasteiger partial charge in [0.1, 0.15) is 0 Å². The Morgan fingerprint density at radius 1 is 1.17 bits per heavy atom. The van der Waals surface area contributed by atoms with E-state index in [0.29, 0.717) is 32.0 Å². The first-order valence-electron chi connectivity index (χ1n) is 8.54. The number of hydrogen-bond donors (Lipinski definition) is 2. The maximum absolute atomic E-state index is 12.1. The molecule has 2 N–H and O–H groups in total. The van der Waals surface area contributed by atoms with Crippen LogP contribution in [0.1, 0.15) is 19.3 Å². The van der Waals surface area contributed by atoms with Crippen molar-refractivity contribution in [3.63, 3.8) is 0 Å². The smallest absolute Gasteiger partial charge is 0.317 e. The topological polar surface area (TPSA) is 85.8 Å². The standard InChI is InChI=1S/C17H24N4O3/c22-16(23)14-5-10-21(12-14)17(24)19-11-13-3-8-20(9-4-13)15-1-6-18-7-2-15/h1-2,6-7,13-14H,3-5,8-12H2,(H,19,24)(H,22,23). The number of likely N-dealkylation sites (tertiary alicyclic amines) is 1. The van der Waals surface area contributed by atoms with E-state index in [2.05, 4.69) is 15.2 Å². The largest absolute Gasteiger partial charge is 0.481 e. The molecule has 0 aliphatic carbocycles. The van der Waals surface area contributed by atoms with Gasteiger partial charge in [0.05, 0.1) is 5.92 Å². The molecule has 0 spiro atoms. The number of amides is 2. The highest BCUT2D eigenvalue weighted by atomic mass is 16.4. The predicted molar refractivity (Wildman–Crippen MR) is 89.9 cm³/mol. The van der Waals surface area contributed by atoms with E-state index in [9.17, 15) is 9.59 Å². The van der Waals surface area contributed by atoms with Gasteiger partial charge in [-0.15, -0.1) is 0 Å². The van der Waals surface area contributed by atoms with E-state index in [1.165, 1.54) is 5.69 Å². The van der Waals surface area contributed by atoms with Gasteiger partial charge in [-0.1, -0.05) is 0 Å². The molecule has 2 saturated heterocycles. The maximum atomic E-state index is 12.1. The van der Waals surface area contributed by atoms with E-state index in [1.54, 1.807) is 4.90 Å². The molecular weight excluding hydrogens is 308 g/mol. The number of anilines is 1. The third-order valence-corrected chi connectivity index (χ3v) is 5.01. The minimum atomic E-state index is -0.811. The van der Waals surface area contributed by atoms with Crippen molar-refractivity contribution in [1.29, 1.82) is 0 Å². The molecule has 0 radical (unpaired) electrons. The highest BCUT2D eigenvalue weighted by Gasteiger charge is 2.31. The normalized spacial score (nSPS) is 21.8. The van der Waals surface area contributed by atoms with Crippen LogP contribution in [-0.2, 0) is 4.79 Å². The fourth-order valence-corrected chi connectivity index (χ4v) is 3.44. The van der Waals surface area contributed by atoms with Gasteiger partial charge in [-0.05, 0) is 37.3 Å². The van der Waals surface area contributed by atoms with Gasteiger partial charge in [-0.2, -0.15) is 0 Å². The number of piperidine rings is 1. The number of carboxylic acids is 1. The highest BCUT2D eigenvalue weighted by molar-refractivity contribution is 5.77. The Kier molecular flexibility index (Phi) is 5.17. The molecule has 2 fully saturated rings. The quantitative estimate of drug-likeness (QED) is 0.871. The summed E-state index contributed by atoms with van der Waals surface area (Å²) in [4.78, 5) is 31.1. The second kappa shape index (κ2) is 7.51. The van der Waals surface area contributed by atoms with Crippen molar-refractivity contribution in [1.82, 2.24) is 15.2 Å². The molecular formula is C17H24N4O3. The fourth-order valence-electron chi connectivity index (χ4n) is 3.44.